The second-order valence-corrected chi connectivity index (χ2v) is 9.92. The predicted octanol–water partition coefficient (Wildman–Crippen LogP) is 8.05. The third-order valence-electron chi connectivity index (χ3n) is 6.34. The molecule has 2 rings (SSSR count). The van der Waals surface area contributed by atoms with Crippen LogP contribution in [-0.4, -0.2) is 12.5 Å². The number of hydrogen-bond acceptors (Lipinski definition) is 2. The van der Waals surface area contributed by atoms with Crippen LogP contribution < -0.4 is 14.6 Å². The van der Waals surface area contributed by atoms with Gasteiger partial charge in [0.25, 0.3) is 5.91 Å². The molecule has 0 aliphatic heterocycles. The molecule has 0 spiro atoms. The Morgan fingerprint density at radius 2 is 1.43 bits per heavy atom. The van der Waals surface area contributed by atoms with Crippen molar-refractivity contribution in [2.75, 3.05) is 6.61 Å². The number of pyridine rings is 1. The molecule has 0 radical (unpaired) electrons. The summed E-state index contributed by atoms with van der Waals surface area (Å²) in [5.41, 5.74) is 1.61. The van der Waals surface area contributed by atoms with Crippen molar-refractivity contribution >= 4 is 17.5 Å². The zero-order valence-corrected chi connectivity index (χ0v) is 22.8. The molecule has 194 valence electrons. The fraction of sp³-hybridized carbons (Fsp3) is 0.600. The molecule has 0 fully saturated rings. The number of rotatable bonds is 19. The van der Waals surface area contributed by atoms with Crippen molar-refractivity contribution in [2.45, 2.75) is 110 Å². The largest absolute Gasteiger partial charge is 0.492 e. The van der Waals surface area contributed by atoms with E-state index in [0.717, 1.165) is 24.9 Å². The molecule has 1 amide bonds. The molecule has 0 bridgehead atoms. The topological polar surface area (TPSA) is 42.2 Å². The number of aromatic nitrogens is 1. The highest BCUT2D eigenvalue weighted by molar-refractivity contribution is 6.32. The number of hydrogen-bond donors (Lipinski definition) is 1. The first-order valence-corrected chi connectivity index (χ1v) is 14.2. The number of carbonyl (C=O) groups excluding carboxylic acids is 1. The first-order valence-electron chi connectivity index (χ1n) is 13.8. The molecule has 4 nitrogen and oxygen atoms in total. The monoisotopic (exact) mass is 501 g/mol. The Morgan fingerprint density at radius 3 is 2.00 bits per heavy atom. The Balaban J connectivity index is 1.57. The molecule has 0 saturated heterocycles. The Labute approximate surface area is 218 Å². The Morgan fingerprint density at radius 1 is 0.829 bits per heavy atom. The number of aryl methyl sites for hydroxylation is 1. The molecule has 0 unspecified atom stereocenters. The van der Waals surface area contributed by atoms with E-state index in [1.54, 1.807) is 18.2 Å². The predicted molar refractivity (Wildman–Crippen MR) is 146 cm³/mol. The number of nitrogens with zero attached hydrogens (tertiary/aromatic N) is 1. The quantitative estimate of drug-likeness (QED) is 0.156. The van der Waals surface area contributed by atoms with Gasteiger partial charge in [-0.3, -0.25) is 4.79 Å². The minimum absolute atomic E-state index is 0.135. The first-order chi connectivity index (χ1) is 17.1. The van der Waals surface area contributed by atoms with Gasteiger partial charge in [0, 0.05) is 30.7 Å². The van der Waals surface area contributed by atoms with Gasteiger partial charge in [-0.05, 0) is 30.2 Å². The summed E-state index contributed by atoms with van der Waals surface area (Å²) in [6.07, 6.45) is 21.1. The standard InChI is InChI=1S/C30H45ClN2O2/c1-3-5-6-7-8-9-10-11-12-13-14-15-23-35-29-17-16-27(24-28(29)31)30(34)32-25-26-18-21-33(20-4-2)22-19-26/h16-19,21-22,24H,3-15,20,23,25H2,1-2H3/p+1. The van der Waals surface area contributed by atoms with Gasteiger partial charge in [-0.15, -0.1) is 0 Å². The summed E-state index contributed by atoms with van der Waals surface area (Å²) < 4.78 is 8.00. The van der Waals surface area contributed by atoms with Gasteiger partial charge in [0.15, 0.2) is 12.4 Å². The fourth-order valence-electron chi connectivity index (χ4n) is 4.18. The molecule has 0 aliphatic rings. The lowest BCUT2D eigenvalue weighted by Gasteiger charge is -2.10. The van der Waals surface area contributed by atoms with E-state index >= 15 is 0 Å². The van der Waals surface area contributed by atoms with Crippen LogP contribution in [0.5, 0.6) is 5.75 Å². The minimum atomic E-state index is -0.135. The highest BCUT2D eigenvalue weighted by Gasteiger charge is 2.10. The Kier molecular flexibility index (Phi) is 15.2. The van der Waals surface area contributed by atoms with Crippen LogP contribution in [0.15, 0.2) is 42.7 Å². The number of amides is 1. The number of unbranched alkanes of at least 4 members (excludes halogenated alkanes) is 11. The summed E-state index contributed by atoms with van der Waals surface area (Å²) in [6.45, 7) is 6.57. The van der Waals surface area contributed by atoms with Gasteiger partial charge in [0.05, 0.1) is 11.6 Å². The molecule has 35 heavy (non-hydrogen) atoms. The van der Waals surface area contributed by atoms with Gasteiger partial charge in [0.2, 0.25) is 0 Å². The number of carbonyl (C=O) groups is 1. The summed E-state index contributed by atoms with van der Waals surface area (Å²) in [4.78, 5) is 12.5. The third-order valence-corrected chi connectivity index (χ3v) is 6.64. The van der Waals surface area contributed by atoms with Crippen LogP contribution in [0.1, 0.15) is 113 Å². The number of halogens is 1. The molecule has 1 heterocycles. The molecular weight excluding hydrogens is 456 g/mol. The van der Waals surface area contributed by atoms with E-state index in [1.165, 1.54) is 70.6 Å². The summed E-state index contributed by atoms with van der Waals surface area (Å²) in [6, 6.07) is 9.34. The van der Waals surface area contributed by atoms with Crippen molar-refractivity contribution in [2.24, 2.45) is 0 Å². The van der Waals surface area contributed by atoms with E-state index in [1.807, 2.05) is 24.5 Å². The lowest BCUT2D eigenvalue weighted by Crippen LogP contribution is -2.32. The highest BCUT2D eigenvalue weighted by atomic mass is 35.5. The van der Waals surface area contributed by atoms with Crippen molar-refractivity contribution in [1.82, 2.24) is 5.32 Å². The van der Waals surface area contributed by atoms with E-state index in [0.29, 0.717) is 29.5 Å². The summed E-state index contributed by atoms with van der Waals surface area (Å²) in [5.74, 6) is 0.513. The Bertz CT molecular complexity index is 839. The number of nitrogens with one attached hydrogen (secondary N) is 1. The average Bonchev–Trinajstić information content (AvgIpc) is 2.87. The minimum Gasteiger partial charge on any atom is -0.492 e. The molecule has 1 aromatic heterocycles. The van der Waals surface area contributed by atoms with Gasteiger partial charge < -0.3 is 10.1 Å². The van der Waals surface area contributed by atoms with E-state index in [-0.39, 0.29) is 5.91 Å². The van der Waals surface area contributed by atoms with Crippen LogP contribution in [0.3, 0.4) is 0 Å². The Hall–Kier alpha value is -2.07. The van der Waals surface area contributed by atoms with Crippen molar-refractivity contribution in [3.05, 3.63) is 58.9 Å². The second-order valence-electron chi connectivity index (χ2n) is 9.51. The van der Waals surface area contributed by atoms with Gasteiger partial charge in [0.1, 0.15) is 12.3 Å². The van der Waals surface area contributed by atoms with E-state index in [9.17, 15) is 4.79 Å². The average molecular weight is 502 g/mol. The van der Waals surface area contributed by atoms with E-state index < -0.39 is 0 Å². The van der Waals surface area contributed by atoms with E-state index in [2.05, 4.69) is 23.7 Å². The van der Waals surface area contributed by atoms with Crippen LogP contribution in [0.2, 0.25) is 5.02 Å². The molecular formula is C30H46ClN2O2+. The van der Waals surface area contributed by atoms with Gasteiger partial charge in [-0.25, -0.2) is 4.57 Å². The molecule has 5 heteroatoms. The summed E-state index contributed by atoms with van der Waals surface area (Å²) >= 11 is 6.38. The van der Waals surface area contributed by atoms with Gasteiger partial charge in [-0.2, -0.15) is 0 Å². The summed E-state index contributed by atoms with van der Waals surface area (Å²) in [7, 11) is 0. The van der Waals surface area contributed by atoms with Crippen LogP contribution in [-0.2, 0) is 13.1 Å². The van der Waals surface area contributed by atoms with Gasteiger partial charge >= 0.3 is 0 Å². The molecule has 0 atom stereocenters. The van der Waals surface area contributed by atoms with E-state index in [4.69, 9.17) is 16.3 Å². The van der Waals surface area contributed by atoms with Crippen LogP contribution in [0, 0.1) is 0 Å². The number of ether oxygens (including phenoxy) is 1. The zero-order valence-electron chi connectivity index (χ0n) is 22.0. The second kappa shape index (κ2) is 18.2. The normalized spacial score (nSPS) is 10.9. The highest BCUT2D eigenvalue weighted by Crippen LogP contribution is 2.26. The zero-order chi connectivity index (χ0) is 25.1. The lowest BCUT2D eigenvalue weighted by atomic mass is 10.1. The van der Waals surface area contributed by atoms with Crippen molar-refractivity contribution < 1.29 is 14.1 Å². The molecule has 1 aromatic carbocycles. The maximum absolute atomic E-state index is 12.5. The maximum Gasteiger partial charge on any atom is 0.251 e. The lowest BCUT2D eigenvalue weighted by molar-refractivity contribution is -0.697. The van der Waals surface area contributed by atoms with Crippen LogP contribution >= 0.6 is 11.6 Å². The first kappa shape index (κ1) is 29.2. The molecule has 0 saturated carbocycles. The molecule has 2 aromatic rings. The van der Waals surface area contributed by atoms with Crippen molar-refractivity contribution in [1.29, 1.82) is 0 Å². The number of benzene rings is 1. The van der Waals surface area contributed by atoms with Crippen LogP contribution in [0.4, 0.5) is 0 Å². The maximum atomic E-state index is 12.5. The summed E-state index contributed by atoms with van der Waals surface area (Å²) in [5, 5.41) is 3.44. The molecule has 1 N–H and O–H groups in total. The SMILES string of the molecule is CCCCCCCCCCCCCCOc1ccc(C(=O)NCc2cc[n+](CCC)cc2)cc1Cl. The van der Waals surface area contributed by atoms with Gasteiger partial charge in [-0.1, -0.05) is 96.1 Å². The van der Waals surface area contributed by atoms with Crippen molar-refractivity contribution in [3.8, 4) is 5.75 Å². The van der Waals surface area contributed by atoms with Crippen molar-refractivity contribution in [3.63, 3.8) is 0 Å². The molecule has 0 aliphatic carbocycles. The fourth-order valence-corrected chi connectivity index (χ4v) is 4.42. The third kappa shape index (κ3) is 12.5. The smallest absolute Gasteiger partial charge is 0.251 e. The van der Waals surface area contributed by atoms with Crippen LogP contribution in [0.25, 0.3) is 0 Å².